The van der Waals surface area contributed by atoms with Gasteiger partial charge in [-0.1, -0.05) is 6.92 Å². The average molecular weight is 239 g/mol. The third kappa shape index (κ3) is 2.09. The van der Waals surface area contributed by atoms with Gasteiger partial charge in [-0.3, -0.25) is 0 Å². The Kier molecular flexibility index (Phi) is 3.14. The van der Waals surface area contributed by atoms with Gasteiger partial charge < -0.3 is 5.73 Å². The van der Waals surface area contributed by atoms with Crippen molar-refractivity contribution < 1.29 is 0 Å². The molecule has 2 rings (SSSR count). The molecule has 1 atom stereocenters. The predicted molar refractivity (Wildman–Crippen MR) is 64.4 cm³/mol. The molecule has 2 heterocycles. The normalized spacial score (nSPS) is 13.0. The standard InChI is InChI=1S/C10H13N3S2/c1-3-7-6(2)15-10(13-7)8(11)9-12-4-5-14-9/h4-5,8H,3,11H2,1-2H3. The smallest absolute Gasteiger partial charge is 0.117 e. The lowest BCUT2D eigenvalue weighted by molar-refractivity contribution is 0.833. The molecule has 0 bridgehead atoms. The second-order valence-electron chi connectivity index (χ2n) is 3.26. The average Bonchev–Trinajstić information content (AvgIpc) is 2.85. The highest BCUT2D eigenvalue weighted by Crippen LogP contribution is 2.27. The molecule has 0 saturated carbocycles. The van der Waals surface area contributed by atoms with E-state index in [9.17, 15) is 0 Å². The summed E-state index contributed by atoms with van der Waals surface area (Å²) in [6.07, 6.45) is 2.74. The van der Waals surface area contributed by atoms with Gasteiger partial charge in [0, 0.05) is 16.5 Å². The van der Waals surface area contributed by atoms with Crippen LogP contribution >= 0.6 is 22.7 Å². The van der Waals surface area contributed by atoms with Crippen LogP contribution in [0.3, 0.4) is 0 Å². The first-order chi connectivity index (χ1) is 7.22. The zero-order chi connectivity index (χ0) is 10.8. The minimum Gasteiger partial charge on any atom is -0.316 e. The lowest BCUT2D eigenvalue weighted by atomic mass is 10.3. The van der Waals surface area contributed by atoms with E-state index in [-0.39, 0.29) is 6.04 Å². The van der Waals surface area contributed by atoms with Crippen LogP contribution in [0.2, 0.25) is 0 Å². The summed E-state index contributed by atoms with van der Waals surface area (Å²) in [5, 5.41) is 3.85. The van der Waals surface area contributed by atoms with E-state index in [0.29, 0.717) is 0 Å². The zero-order valence-corrected chi connectivity index (χ0v) is 10.4. The molecule has 80 valence electrons. The predicted octanol–water partition coefficient (Wildman–Crippen LogP) is 2.52. The van der Waals surface area contributed by atoms with Gasteiger partial charge in [-0.15, -0.1) is 22.7 Å². The van der Waals surface area contributed by atoms with Crippen molar-refractivity contribution in [3.8, 4) is 0 Å². The largest absolute Gasteiger partial charge is 0.316 e. The van der Waals surface area contributed by atoms with E-state index in [1.807, 2.05) is 5.38 Å². The Balaban J connectivity index is 2.30. The fraction of sp³-hybridized carbons (Fsp3) is 0.400. The van der Waals surface area contributed by atoms with Crippen LogP contribution in [-0.2, 0) is 6.42 Å². The maximum atomic E-state index is 6.09. The van der Waals surface area contributed by atoms with Gasteiger partial charge in [0.15, 0.2) is 0 Å². The van der Waals surface area contributed by atoms with Crippen LogP contribution in [0.1, 0.15) is 33.6 Å². The van der Waals surface area contributed by atoms with Crippen molar-refractivity contribution in [2.24, 2.45) is 5.73 Å². The number of nitrogens with zero attached hydrogens (tertiary/aromatic N) is 2. The maximum Gasteiger partial charge on any atom is 0.117 e. The van der Waals surface area contributed by atoms with E-state index in [0.717, 1.165) is 22.1 Å². The van der Waals surface area contributed by atoms with Crippen molar-refractivity contribution in [2.45, 2.75) is 26.3 Å². The van der Waals surface area contributed by atoms with Crippen molar-refractivity contribution in [1.82, 2.24) is 9.97 Å². The van der Waals surface area contributed by atoms with Gasteiger partial charge in [0.05, 0.1) is 5.69 Å². The van der Waals surface area contributed by atoms with E-state index >= 15 is 0 Å². The molecule has 2 aromatic rings. The summed E-state index contributed by atoms with van der Waals surface area (Å²) in [6.45, 7) is 4.20. The number of rotatable bonds is 3. The Morgan fingerprint density at radius 2 is 2.27 bits per heavy atom. The van der Waals surface area contributed by atoms with E-state index in [4.69, 9.17) is 5.73 Å². The third-order valence-corrected chi connectivity index (χ3v) is 4.18. The molecule has 0 aliphatic heterocycles. The Labute approximate surface area is 97.0 Å². The second kappa shape index (κ2) is 4.38. The Morgan fingerprint density at radius 3 is 2.80 bits per heavy atom. The zero-order valence-electron chi connectivity index (χ0n) is 8.73. The number of hydrogen-bond donors (Lipinski definition) is 1. The number of thiazole rings is 2. The minimum atomic E-state index is -0.158. The maximum absolute atomic E-state index is 6.09. The monoisotopic (exact) mass is 239 g/mol. The van der Waals surface area contributed by atoms with Crippen LogP contribution in [0, 0.1) is 6.92 Å². The number of hydrogen-bond acceptors (Lipinski definition) is 5. The molecule has 5 heteroatoms. The molecule has 0 fully saturated rings. The quantitative estimate of drug-likeness (QED) is 0.895. The van der Waals surface area contributed by atoms with Crippen LogP contribution in [0.15, 0.2) is 11.6 Å². The molecule has 0 amide bonds. The van der Waals surface area contributed by atoms with Crippen LogP contribution in [0.25, 0.3) is 0 Å². The third-order valence-electron chi connectivity index (χ3n) is 2.23. The highest BCUT2D eigenvalue weighted by molar-refractivity contribution is 7.12. The van der Waals surface area contributed by atoms with Crippen molar-refractivity contribution in [2.75, 3.05) is 0 Å². The first-order valence-electron chi connectivity index (χ1n) is 4.83. The summed E-state index contributed by atoms with van der Waals surface area (Å²) in [4.78, 5) is 10.0. The fourth-order valence-corrected chi connectivity index (χ4v) is 3.14. The molecule has 0 radical (unpaired) electrons. The molecular formula is C10H13N3S2. The van der Waals surface area contributed by atoms with Crippen molar-refractivity contribution in [3.63, 3.8) is 0 Å². The first-order valence-corrected chi connectivity index (χ1v) is 6.53. The van der Waals surface area contributed by atoms with Crippen molar-refractivity contribution in [3.05, 3.63) is 32.2 Å². The molecule has 0 saturated heterocycles. The fourth-order valence-electron chi connectivity index (χ4n) is 1.41. The topological polar surface area (TPSA) is 51.8 Å². The van der Waals surface area contributed by atoms with E-state index < -0.39 is 0 Å². The van der Waals surface area contributed by atoms with Gasteiger partial charge in [-0.05, 0) is 13.3 Å². The van der Waals surface area contributed by atoms with Gasteiger partial charge >= 0.3 is 0 Å². The Hall–Kier alpha value is -0.780. The number of aryl methyl sites for hydroxylation is 2. The molecule has 2 N–H and O–H groups in total. The molecule has 0 aliphatic carbocycles. The highest BCUT2D eigenvalue weighted by Gasteiger charge is 2.16. The van der Waals surface area contributed by atoms with Gasteiger partial charge in [-0.2, -0.15) is 0 Å². The summed E-state index contributed by atoms with van der Waals surface area (Å²) in [5.74, 6) is 0. The SMILES string of the molecule is CCc1nc(C(N)c2nccs2)sc1C. The van der Waals surface area contributed by atoms with Crippen LogP contribution in [0.4, 0.5) is 0 Å². The van der Waals surface area contributed by atoms with Crippen molar-refractivity contribution in [1.29, 1.82) is 0 Å². The molecule has 0 spiro atoms. The lowest BCUT2D eigenvalue weighted by Gasteiger charge is -2.02. The van der Waals surface area contributed by atoms with Gasteiger partial charge in [0.2, 0.25) is 0 Å². The number of nitrogens with two attached hydrogens (primary N) is 1. The molecule has 2 aromatic heterocycles. The molecule has 1 unspecified atom stereocenters. The van der Waals surface area contributed by atoms with Gasteiger partial charge in [0.25, 0.3) is 0 Å². The van der Waals surface area contributed by atoms with E-state index in [1.54, 1.807) is 28.9 Å². The Bertz CT molecular complexity index is 433. The summed E-state index contributed by atoms with van der Waals surface area (Å²) in [7, 11) is 0. The van der Waals surface area contributed by atoms with Crippen LogP contribution in [-0.4, -0.2) is 9.97 Å². The van der Waals surface area contributed by atoms with E-state index in [2.05, 4.69) is 23.8 Å². The highest BCUT2D eigenvalue weighted by atomic mass is 32.1. The minimum absolute atomic E-state index is 0.158. The summed E-state index contributed by atoms with van der Waals surface area (Å²) < 4.78 is 0. The molecular weight excluding hydrogens is 226 g/mol. The van der Waals surface area contributed by atoms with Gasteiger partial charge in [-0.25, -0.2) is 9.97 Å². The first kappa shape index (κ1) is 10.7. The van der Waals surface area contributed by atoms with Crippen LogP contribution < -0.4 is 5.73 Å². The summed E-state index contributed by atoms with van der Waals surface area (Å²) in [6, 6.07) is -0.158. The number of aromatic nitrogens is 2. The molecule has 0 aromatic carbocycles. The van der Waals surface area contributed by atoms with Crippen molar-refractivity contribution >= 4 is 22.7 Å². The van der Waals surface area contributed by atoms with E-state index in [1.165, 1.54) is 4.88 Å². The summed E-state index contributed by atoms with van der Waals surface area (Å²) >= 11 is 3.25. The molecule has 0 aliphatic rings. The summed E-state index contributed by atoms with van der Waals surface area (Å²) in [5.41, 5.74) is 7.25. The lowest BCUT2D eigenvalue weighted by Crippen LogP contribution is -2.11. The second-order valence-corrected chi connectivity index (χ2v) is 5.42. The molecule has 15 heavy (non-hydrogen) atoms. The Morgan fingerprint density at radius 1 is 1.47 bits per heavy atom. The van der Waals surface area contributed by atoms with Gasteiger partial charge in [0.1, 0.15) is 16.1 Å². The van der Waals surface area contributed by atoms with Crippen LogP contribution in [0.5, 0.6) is 0 Å². The molecule has 3 nitrogen and oxygen atoms in total.